The topological polar surface area (TPSA) is 20.3 Å². The van der Waals surface area contributed by atoms with E-state index in [-0.39, 0.29) is 0 Å². The van der Waals surface area contributed by atoms with Gasteiger partial charge in [0.1, 0.15) is 6.29 Å². The summed E-state index contributed by atoms with van der Waals surface area (Å²) in [5.74, 6) is 6.72. The molecule has 0 aromatic carbocycles. The molecular weight excluding hydrogens is 426 g/mol. The Morgan fingerprint density at radius 2 is 1.60 bits per heavy atom. The Hall–Kier alpha value is -0.370. The van der Waals surface area contributed by atoms with E-state index in [1.165, 1.54) is 90.0 Å². The van der Waals surface area contributed by atoms with Crippen molar-refractivity contribution in [3.63, 3.8) is 0 Å². The number of hydrogen-bond acceptors (Lipinski definition) is 2. The lowest BCUT2D eigenvalue weighted by molar-refractivity contribution is -0.123. The SMILES string of the molecule is CC(C)CCC[C@@H](C)C1CCC2C3CCC4CC(N(C)CCCCC=O)CCC4(C)C3CCC21C. The van der Waals surface area contributed by atoms with Gasteiger partial charge >= 0.3 is 0 Å². The van der Waals surface area contributed by atoms with Crippen molar-refractivity contribution in [1.82, 2.24) is 4.90 Å². The summed E-state index contributed by atoms with van der Waals surface area (Å²) in [6.07, 6.45) is 21.8. The summed E-state index contributed by atoms with van der Waals surface area (Å²) in [6.45, 7) is 14.0. The van der Waals surface area contributed by atoms with Gasteiger partial charge in [0, 0.05) is 12.5 Å². The molecule has 0 aromatic rings. The fourth-order valence-electron chi connectivity index (χ4n) is 10.4. The highest BCUT2D eigenvalue weighted by molar-refractivity contribution is 5.48. The van der Waals surface area contributed by atoms with Crippen LogP contribution in [0.15, 0.2) is 0 Å². The molecule has 2 nitrogen and oxygen atoms in total. The van der Waals surface area contributed by atoms with Gasteiger partial charge in [0.05, 0.1) is 0 Å². The van der Waals surface area contributed by atoms with E-state index < -0.39 is 0 Å². The predicted octanol–water partition coefficient (Wildman–Crippen LogP) is 8.78. The van der Waals surface area contributed by atoms with Crippen molar-refractivity contribution in [2.24, 2.45) is 52.3 Å². The second-order valence-corrected chi connectivity index (χ2v) is 14.8. The van der Waals surface area contributed by atoms with Crippen LogP contribution in [0.2, 0.25) is 0 Å². The maximum Gasteiger partial charge on any atom is 0.119 e. The average Bonchev–Trinajstić information content (AvgIpc) is 3.18. The van der Waals surface area contributed by atoms with Crippen molar-refractivity contribution in [2.45, 2.75) is 137 Å². The number of aldehydes is 1. The fourth-order valence-corrected chi connectivity index (χ4v) is 10.4. The van der Waals surface area contributed by atoms with Crippen LogP contribution in [0.3, 0.4) is 0 Å². The van der Waals surface area contributed by atoms with Gasteiger partial charge in [0.2, 0.25) is 0 Å². The van der Waals surface area contributed by atoms with E-state index in [2.05, 4.69) is 46.6 Å². The highest BCUT2D eigenvalue weighted by atomic mass is 16.1. The van der Waals surface area contributed by atoms with E-state index >= 15 is 0 Å². The molecule has 4 rings (SSSR count). The minimum absolute atomic E-state index is 0.597. The van der Waals surface area contributed by atoms with Crippen LogP contribution in [0.25, 0.3) is 0 Å². The molecule has 0 aliphatic heterocycles. The molecule has 8 unspecified atom stereocenters. The van der Waals surface area contributed by atoms with Gasteiger partial charge < -0.3 is 9.69 Å². The average molecular weight is 486 g/mol. The Morgan fingerprint density at radius 1 is 0.857 bits per heavy atom. The molecule has 0 bridgehead atoms. The van der Waals surface area contributed by atoms with Crippen molar-refractivity contribution in [3.05, 3.63) is 0 Å². The molecule has 4 fully saturated rings. The molecule has 0 heterocycles. The fraction of sp³-hybridized carbons (Fsp3) is 0.970. The molecule has 35 heavy (non-hydrogen) atoms. The van der Waals surface area contributed by atoms with Crippen LogP contribution in [0, 0.1) is 52.3 Å². The van der Waals surface area contributed by atoms with Crippen LogP contribution in [0.1, 0.15) is 131 Å². The minimum atomic E-state index is 0.597. The molecule has 0 radical (unpaired) electrons. The van der Waals surface area contributed by atoms with Crippen molar-refractivity contribution in [3.8, 4) is 0 Å². The van der Waals surface area contributed by atoms with Gasteiger partial charge in [-0.15, -0.1) is 0 Å². The molecular formula is C33H59NO. The lowest BCUT2D eigenvalue weighted by atomic mass is 9.44. The van der Waals surface area contributed by atoms with Crippen molar-refractivity contribution < 1.29 is 4.79 Å². The maximum atomic E-state index is 10.6. The summed E-state index contributed by atoms with van der Waals surface area (Å²) < 4.78 is 0. The number of carbonyl (C=O) groups is 1. The summed E-state index contributed by atoms with van der Waals surface area (Å²) in [5, 5.41) is 0. The summed E-state index contributed by atoms with van der Waals surface area (Å²) >= 11 is 0. The normalized spacial score (nSPS) is 41.9. The number of nitrogens with zero attached hydrogens (tertiary/aromatic N) is 1. The van der Waals surface area contributed by atoms with Gasteiger partial charge in [-0.3, -0.25) is 0 Å². The number of rotatable bonds is 11. The third kappa shape index (κ3) is 5.58. The zero-order chi connectivity index (χ0) is 25.2. The zero-order valence-corrected chi connectivity index (χ0v) is 24.4. The summed E-state index contributed by atoms with van der Waals surface area (Å²) in [6, 6.07) is 0.775. The first kappa shape index (κ1) is 27.7. The number of hydrogen-bond donors (Lipinski definition) is 0. The maximum absolute atomic E-state index is 10.6. The predicted molar refractivity (Wildman–Crippen MR) is 149 cm³/mol. The van der Waals surface area contributed by atoms with Crippen LogP contribution in [0.4, 0.5) is 0 Å². The van der Waals surface area contributed by atoms with E-state index in [1.807, 2.05) is 0 Å². The third-order valence-electron chi connectivity index (χ3n) is 12.5. The van der Waals surface area contributed by atoms with Crippen LogP contribution >= 0.6 is 0 Å². The van der Waals surface area contributed by atoms with Gasteiger partial charge in [0.15, 0.2) is 0 Å². The van der Waals surface area contributed by atoms with Crippen LogP contribution in [-0.4, -0.2) is 30.8 Å². The molecule has 2 heteroatoms. The Balaban J connectivity index is 1.36. The Morgan fingerprint density at radius 3 is 2.34 bits per heavy atom. The van der Waals surface area contributed by atoms with E-state index in [4.69, 9.17) is 0 Å². The van der Waals surface area contributed by atoms with Gasteiger partial charge in [-0.2, -0.15) is 0 Å². The number of fused-ring (bicyclic) bond motifs is 5. The molecule has 0 N–H and O–H groups in total. The summed E-state index contributed by atoms with van der Waals surface area (Å²) in [7, 11) is 2.35. The number of unbranched alkanes of at least 4 members (excludes halogenated alkanes) is 2. The Bertz CT molecular complexity index is 689. The van der Waals surface area contributed by atoms with E-state index in [1.54, 1.807) is 0 Å². The third-order valence-corrected chi connectivity index (χ3v) is 12.5. The zero-order valence-electron chi connectivity index (χ0n) is 24.4. The molecule has 4 saturated carbocycles. The molecule has 0 saturated heterocycles. The van der Waals surface area contributed by atoms with Gasteiger partial charge in [-0.05, 0) is 136 Å². The first-order valence-corrected chi connectivity index (χ1v) is 15.8. The molecule has 4 aliphatic carbocycles. The minimum Gasteiger partial charge on any atom is -0.303 e. The quantitative estimate of drug-likeness (QED) is 0.215. The lowest BCUT2D eigenvalue weighted by Gasteiger charge is -2.62. The molecule has 0 aromatic heterocycles. The summed E-state index contributed by atoms with van der Waals surface area (Å²) in [5.41, 5.74) is 1.22. The first-order chi connectivity index (χ1) is 16.7. The molecule has 4 aliphatic rings. The van der Waals surface area contributed by atoms with Crippen molar-refractivity contribution >= 4 is 6.29 Å². The van der Waals surface area contributed by atoms with Gasteiger partial charge in [-0.25, -0.2) is 0 Å². The first-order valence-electron chi connectivity index (χ1n) is 15.8. The molecule has 9 atom stereocenters. The Kier molecular flexibility index (Phi) is 9.14. The second-order valence-electron chi connectivity index (χ2n) is 14.8. The molecule has 0 spiro atoms. The molecule has 202 valence electrons. The van der Waals surface area contributed by atoms with E-state index in [0.717, 1.165) is 66.6 Å². The van der Waals surface area contributed by atoms with Crippen LogP contribution in [-0.2, 0) is 4.79 Å². The number of carbonyl (C=O) groups excluding carboxylic acids is 1. The summed E-state index contributed by atoms with van der Waals surface area (Å²) in [4.78, 5) is 13.3. The van der Waals surface area contributed by atoms with Gasteiger partial charge in [0.25, 0.3) is 0 Å². The Labute approximate surface area is 218 Å². The standard InChI is InChI=1S/C33H59NO/c1-24(2)11-10-12-25(3)29-15-16-30-28-14-13-26-23-27(34(6)21-8-7-9-22-35)17-19-32(26,4)31(28)18-20-33(29,30)5/h22,24-31H,7-21,23H2,1-6H3/t25-,26?,27?,28?,29?,30?,31?,32?,33?/m1/s1. The molecule has 0 amide bonds. The largest absolute Gasteiger partial charge is 0.303 e. The van der Waals surface area contributed by atoms with Crippen LogP contribution in [0.5, 0.6) is 0 Å². The van der Waals surface area contributed by atoms with E-state index in [0.29, 0.717) is 10.8 Å². The highest BCUT2D eigenvalue weighted by Gasteiger charge is 2.60. The van der Waals surface area contributed by atoms with Crippen molar-refractivity contribution in [2.75, 3.05) is 13.6 Å². The second kappa shape index (κ2) is 11.6. The van der Waals surface area contributed by atoms with E-state index in [9.17, 15) is 4.79 Å². The van der Waals surface area contributed by atoms with Crippen molar-refractivity contribution in [1.29, 1.82) is 0 Å². The lowest BCUT2D eigenvalue weighted by Crippen LogP contribution is -2.55. The smallest absolute Gasteiger partial charge is 0.119 e. The van der Waals surface area contributed by atoms with Gasteiger partial charge in [-0.1, -0.05) is 53.9 Å². The monoisotopic (exact) mass is 485 g/mol. The highest BCUT2D eigenvalue weighted by Crippen LogP contribution is 2.68. The van der Waals surface area contributed by atoms with Crippen LogP contribution < -0.4 is 0 Å².